The quantitative estimate of drug-likeness (QED) is 0.170. The van der Waals surface area contributed by atoms with Crippen LogP contribution in [0.25, 0.3) is 0 Å². The van der Waals surface area contributed by atoms with Gasteiger partial charge in [0.25, 0.3) is 0 Å². The minimum absolute atomic E-state index is 0.134. The molecule has 0 saturated heterocycles. The summed E-state index contributed by atoms with van der Waals surface area (Å²) in [6.07, 6.45) is 0. The van der Waals surface area contributed by atoms with Crippen molar-refractivity contribution in [1.29, 1.82) is 0 Å². The van der Waals surface area contributed by atoms with E-state index >= 15 is 0 Å². The van der Waals surface area contributed by atoms with Gasteiger partial charge in [-0.2, -0.15) is 4.72 Å². The number of hydrogen-bond acceptors (Lipinski definition) is 3. The summed E-state index contributed by atoms with van der Waals surface area (Å²) >= 11 is 9.97. The molecule has 3 aromatic rings. The van der Waals surface area contributed by atoms with Crippen molar-refractivity contribution in [1.82, 2.24) is 4.72 Å². The fourth-order valence-electron chi connectivity index (χ4n) is 4.38. The maximum atomic E-state index is 13.0. The molecule has 1 aliphatic carbocycles. The third-order valence-corrected chi connectivity index (χ3v) is 11.1. The first-order valence-electron chi connectivity index (χ1n) is 12.4. The van der Waals surface area contributed by atoms with Gasteiger partial charge in [0.15, 0.2) is 5.00 Å². The van der Waals surface area contributed by atoms with E-state index in [4.69, 9.17) is 17.3 Å². The molecule has 0 radical (unpaired) electrons. The molecule has 0 saturated carbocycles. The number of hydrogen-bond donors (Lipinski definition) is 2. The van der Waals surface area contributed by atoms with Gasteiger partial charge in [0.1, 0.15) is 0 Å². The standard InChI is InChI=1S/C21H21ClN2O2S.C10H15.Rh/c1-16-12-14-19(15-13-16)27(25,26)24-21(22,18-10-6-3-7-11-18)20(23)17-8-4-2-5-9-17;1-7-6-10(4,5)9(3)8(7)2;/h2-15,20,24H,23H2,1H3;1-5H3;/t20-,21-;;/m0../s1. The topological polar surface area (TPSA) is 72.2 Å². The summed E-state index contributed by atoms with van der Waals surface area (Å²) < 4.78 is 30.1. The number of allylic oxidation sites excluding steroid dienone is 4. The molecule has 204 valence electrons. The van der Waals surface area contributed by atoms with Crippen molar-refractivity contribution in [3.63, 3.8) is 0 Å². The van der Waals surface area contributed by atoms with E-state index in [1.165, 1.54) is 20.9 Å². The minimum Gasteiger partial charge on any atom is -0.321 e. The summed E-state index contributed by atoms with van der Waals surface area (Å²) in [6, 6.07) is 23.9. The molecule has 3 aromatic carbocycles. The molecule has 1 aliphatic rings. The summed E-state index contributed by atoms with van der Waals surface area (Å²) in [4.78, 5) is -1.42. The van der Waals surface area contributed by atoms with Crippen LogP contribution in [0.3, 0.4) is 0 Å². The Labute approximate surface area is 243 Å². The summed E-state index contributed by atoms with van der Waals surface area (Å²) in [7, 11) is -3.90. The Hall–Kier alpha value is -2.08. The first-order valence-corrected chi connectivity index (χ1v) is 15.1. The Morgan fingerprint density at radius 3 is 1.76 bits per heavy atom. The van der Waals surface area contributed by atoms with Gasteiger partial charge in [0.05, 0.1) is 10.9 Å². The summed E-state index contributed by atoms with van der Waals surface area (Å²) in [5.41, 5.74) is 13.4. The zero-order valence-electron chi connectivity index (χ0n) is 22.7. The summed E-state index contributed by atoms with van der Waals surface area (Å²) in [5, 5.41) is 0. The Morgan fingerprint density at radius 2 is 1.34 bits per heavy atom. The molecular formula is C31H36ClN2O2RhS. The minimum atomic E-state index is -3.90. The number of alkyl halides is 1. The van der Waals surface area contributed by atoms with Crippen molar-refractivity contribution in [3.05, 3.63) is 123 Å². The smallest absolute Gasteiger partial charge is 0.242 e. The Morgan fingerprint density at radius 1 is 0.842 bits per heavy atom. The second-order valence-corrected chi connectivity index (χ2v) is 13.3. The van der Waals surface area contributed by atoms with Gasteiger partial charge >= 0.3 is 79.2 Å². The molecule has 0 amide bonds. The fourth-order valence-corrected chi connectivity index (χ4v) is 6.80. The van der Waals surface area contributed by atoms with Crippen LogP contribution < -0.4 is 10.5 Å². The van der Waals surface area contributed by atoms with E-state index in [0.717, 1.165) is 11.1 Å². The first kappa shape index (κ1) is 30.5. The predicted octanol–water partition coefficient (Wildman–Crippen LogP) is 7.25. The average molecular weight is 639 g/mol. The number of aryl methyl sites for hydroxylation is 1. The van der Waals surface area contributed by atoms with Gasteiger partial charge in [-0.15, -0.1) is 0 Å². The van der Waals surface area contributed by atoms with Crippen LogP contribution in [-0.4, -0.2) is 8.42 Å². The molecular weight excluding hydrogens is 603 g/mol. The molecule has 0 bridgehead atoms. The number of sulfonamides is 1. The summed E-state index contributed by atoms with van der Waals surface area (Å²) in [6.45, 7) is 13.1. The van der Waals surface area contributed by atoms with Crippen LogP contribution in [0.2, 0.25) is 0 Å². The molecule has 0 aliphatic heterocycles. The van der Waals surface area contributed by atoms with Crippen molar-refractivity contribution >= 4 is 21.6 Å². The van der Waals surface area contributed by atoms with Gasteiger partial charge < -0.3 is 5.73 Å². The monoisotopic (exact) mass is 638 g/mol. The molecule has 7 heteroatoms. The van der Waals surface area contributed by atoms with Crippen LogP contribution in [0.15, 0.2) is 111 Å². The van der Waals surface area contributed by atoms with E-state index in [1.54, 1.807) is 48.5 Å². The van der Waals surface area contributed by atoms with E-state index in [1.807, 2.05) is 43.3 Å². The van der Waals surface area contributed by atoms with E-state index in [0.29, 0.717) is 5.56 Å². The predicted molar refractivity (Wildman–Crippen MR) is 154 cm³/mol. The molecule has 4 nitrogen and oxygen atoms in total. The molecule has 2 atom stereocenters. The number of halogens is 1. The number of benzene rings is 3. The molecule has 0 spiro atoms. The zero-order valence-corrected chi connectivity index (χ0v) is 25.9. The van der Waals surface area contributed by atoms with E-state index in [2.05, 4.69) is 57.6 Å². The normalized spacial score (nSPS) is 17.5. The SMILES string of the molecule is CC1=C(C)C(C)(C)[C]([Rh])=C1C.Cc1ccc(S(=O)(=O)N[C@@](Cl)(c2ccccc2)[C@@H](N)c2ccccc2)cc1. The molecule has 0 fully saturated rings. The van der Waals surface area contributed by atoms with Crippen molar-refractivity contribution in [3.8, 4) is 0 Å². The third-order valence-electron chi connectivity index (χ3n) is 7.29. The summed E-state index contributed by atoms with van der Waals surface area (Å²) in [5.74, 6) is 0. The average Bonchev–Trinajstić information content (AvgIpc) is 3.04. The molecule has 0 unspecified atom stereocenters. The zero-order chi connectivity index (χ0) is 28.3. The molecule has 4 rings (SSSR count). The number of rotatable bonds is 6. The van der Waals surface area contributed by atoms with Crippen molar-refractivity contribution < 1.29 is 26.7 Å². The Bertz CT molecular complexity index is 1410. The number of nitrogens with one attached hydrogen (secondary N) is 1. The fraction of sp³-hybridized carbons (Fsp3) is 0.290. The second kappa shape index (κ2) is 12.0. The van der Waals surface area contributed by atoms with E-state index in [9.17, 15) is 8.42 Å². The van der Waals surface area contributed by atoms with Crippen LogP contribution in [-0.2, 0) is 33.3 Å². The van der Waals surface area contributed by atoms with Crippen LogP contribution in [0, 0.1) is 12.3 Å². The molecule has 38 heavy (non-hydrogen) atoms. The van der Waals surface area contributed by atoms with Gasteiger partial charge in [-0.1, -0.05) is 90.0 Å². The van der Waals surface area contributed by atoms with Gasteiger partial charge in [0.2, 0.25) is 10.0 Å². The third kappa shape index (κ3) is 6.38. The van der Waals surface area contributed by atoms with Crippen LogP contribution >= 0.6 is 11.6 Å². The number of nitrogens with two attached hydrogens (primary N) is 1. The molecule has 0 aromatic heterocycles. The second-order valence-electron chi connectivity index (χ2n) is 10.2. The van der Waals surface area contributed by atoms with E-state index in [-0.39, 0.29) is 10.3 Å². The van der Waals surface area contributed by atoms with Crippen LogP contribution in [0.1, 0.15) is 57.4 Å². The van der Waals surface area contributed by atoms with E-state index < -0.39 is 21.1 Å². The maximum absolute atomic E-state index is 13.0. The van der Waals surface area contributed by atoms with Crippen molar-refractivity contribution in [2.24, 2.45) is 11.1 Å². The molecule has 0 heterocycles. The van der Waals surface area contributed by atoms with Gasteiger partial charge in [-0.25, -0.2) is 8.42 Å². The Kier molecular flexibility index (Phi) is 9.60. The Balaban J connectivity index is 0.000000304. The van der Waals surface area contributed by atoms with Gasteiger partial charge in [0, 0.05) is 0 Å². The maximum Gasteiger partial charge on any atom is 0.242 e. The van der Waals surface area contributed by atoms with Crippen LogP contribution in [0.5, 0.6) is 0 Å². The van der Waals surface area contributed by atoms with Crippen LogP contribution in [0.4, 0.5) is 0 Å². The van der Waals surface area contributed by atoms with Crippen molar-refractivity contribution in [2.75, 3.05) is 0 Å². The largest absolute Gasteiger partial charge is 0.321 e. The van der Waals surface area contributed by atoms with Gasteiger partial charge in [-0.05, 0) is 30.2 Å². The van der Waals surface area contributed by atoms with Gasteiger partial charge in [-0.3, -0.25) is 0 Å². The van der Waals surface area contributed by atoms with Crippen molar-refractivity contribution in [2.45, 2.75) is 57.5 Å². The first-order chi connectivity index (χ1) is 17.7. The molecule has 3 N–H and O–H groups in total.